The minimum absolute atomic E-state index is 0.159. The summed E-state index contributed by atoms with van der Waals surface area (Å²) in [6.45, 7) is 3.35. The Hall–Kier alpha value is -2.00. The van der Waals surface area contributed by atoms with Crippen molar-refractivity contribution < 1.29 is 9.90 Å². The summed E-state index contributed by atoms with van der Waals surface area (Å²) in [5.74, 6) is -1.00. The molecular formula is C16H16ClNO2. The van der Waals surface area contributed by atoms with Crippen molar-refractivity contribution in [2.45, 2.75) is 13.5 Å². The number of carboxylic acids is 1. The molecule has 0 spiro atoms. The zero-order valence-corrected chi connectivity index (χ0v) is 12.0. The first kappa shape index (κ1) is 14.4. The van der Waals surface area contributed by atoms with Crippen molar-refractivity contribution in [2.75, 3.05) is 11.4 Å². The van der Waals surface area contributed by atoms with E-state index in [1.807, 2.05) is 42.2 Å². The molecule has 0 radical (unpaired) electrons. The smallest absolute Gasteiger partial charge is 0.339 e. The molecule has 3 nitrogen and oxygen atoms in total. The third-order valence-corrected chi connectivity index (χ3v) is 3.46. The van der Waals surface area contributed by atoms with Crippen molar-refractivity contribution in [2.24, 2.45) is 0 Å². The van der Waals surface area contributed by atoms with E-state index in [1.165, 1.54) is 0 Å². The monoisotopic (exact) mass is 289 g/mol. The Labute approximate surface area is 123 Å². The number of hydrogen-bond acceptors (Lipinski definition) is 2. The summed E-state index contributed by atoms with van der Waals surface area (Å²) in [6, 6.07) is 15.1. The summed E-state index contributed by atoms with van der Waals surface area (Å²) in [6.07, 6.45) is 0. The Balaban J connectivity index is 2.37. The number of hydrogen-bond donors (Lipinski definition) is 1. The zero-order chi connectivity index (χ0) is 14.5. The van der Waals surface area contributed by atoms with Gasteiger partial charge < -0.3 is 10.0 Å². The molecule has 0 fully saturated rings. The van der Waals surface area contributed by atoms with Gasteiger partial charge in [-0.05, 0) is 24.6 Å². The van der Waals surface area contributed by atoms with Crippen LogP contribution in [0, 0.1) is 0 Å². The van der Waals surface area contributed by atoms with Crippen LogP contribution in [0.15, 0.2) is 48.5 Å². The molecule has 0 heterocycles. The van der Waals surface area contributed by atoms with Crippen LogP contribution in [0.4, 0.5) is 5.69 Å². The third-order valence-electron chi connectivity index (χ3n) is 3.14. The molecule has 0 unspecified atom stereocenters. The van der Waals surface area contributed by atoms with E-state index in [1.54, 1.807) is 18.2 Å². The molecule has 20 heavy (non-hydrogen) atoms. The van der Waals surface area contributed by atoms with Crippen LogP contribution >= 0.6 is 11.6 Å². The van der Waals surface area contributed by atoms with E-state index in [4.69, 9.17) is 11.6 Å². The predicted octanol–water partition coefficient (Wildman–Crippen LogP) is 4.06. The van der Waals surface area contributed by atoms with Crippen LogP contribution < -0.4 is 4.90 Å². The highest BCUT2D eigenvalue weighted by atomic mass is 35.5. The van der Waals surface area contributed by atoms with E-state index in [0.717, 1.165) is 5.56 Å². The SMILES string of the molecule is CCN(Cc1ccccc1)c1cccc(Cl)c1C(=O)O. The van der Waals surface area contributed by atoms with Crippen molar-refractivity contribution in [3.63, 3.8) is 0 Å². The number of nitrogens with zero attached hydrogens (tertiary/aromatic N) is 1. The predicted molar refractivity (Wildman–Crippen MR) is 81.6 cm³/mol. The van der Waals surface area contributed by atoms with E-state index in [-0.39, 0.29) is 10.6 Å². The highest BCUT2D eigenvalue weighted by Gasteiger charge is 2.18. The van der Waals surface area contributed by atoms with Gasteiger partial charge in [-0.2, -0.15) is 0 Å². The lowest BCUT2D eigenvalue weighted by molar-refractivity contribution is 0.0697. The molecule has 0 saturated heterocycles. The van der Waals surface area contributed by atoms with Gasteiger partial charge in [0.1, 0.15) is 5.56 Å². The summed E-state index contributed by atoms with van der Waals surface area (Å²) < 4.78 is 0. The number of rotatable bonds is 5. The standard InChI is InChI=1S/C16H16ClNO2/c1-2-18(11-12-7-4-3-5-8-12)14-10-6-9-13(17)15(14)16(19)20/h3-10H,2,11H2,1H3,(H,19,20). The molecule has 4 heteroatoms. The Morgan fingerprint density at radius 2 is 1.85 bits per heavy atom. The van der Waals surface area contributed by atoms with E-state index in [0.29, 0.717) is 18.8 Å². The normalized spacial score (nSPS) is 10.3. The summed E-state index contributed by atoms with van der Waals surface area (Å²) in [5.41, 5.74) is 1.94. The highest BCUT2D eigenvalue weighted by Crippen LogP contribution is 2.28. The van der Waals surface area contributed by atoms with Gasteiger partial charge in [0.25, 0.3) is 0 Å². The number of anilines is 1. The average Bonchev–Trinajstić information content (AvgIpc) is 2.45. The Kier molecular flexibility index (Phi) is 4.64. The molecule has 2 aromatic rings. The van der Waals surface area contributed by atoms with E-state index < -0.39 is 5.97 Å². The van der Waals surface area contributed by atoms with Gasteiger partial charge in [0.15, 0.2) is 0 Å². The van der Waals surface area contributed by atoms with Crippen molar-refractivity contribution in [3.8, 4) is 0 Å². The molecule has 0 saturated carbocycles. The first-order chi connectivity index (χ1) is 9.63. The van der Waals surface area contributed by atoms with Gasteiger partial charge >= 0.3 is 5.97 Å². The minimum atomic E-state index is -1.00. The molecule has 2 aromatic carbocycles. The van der Waals surface area contributed by atoms with E-state index in [2.05, 4.69) is 0 Å². The zero-order valence-electron chi connectivity index (χ0n) is 11.2. The largest absolute Gasteiger partial charge is 0.478 e. The van der Waals surface area contributed by atoms with Crippen LogP contribution in [-0.4, -0.2) is 17.6 Å². The van der Waals surface area contributed by atoms with Gasteiger partial charge in [0.2, 0.25) is 0 Å². The quantitative estimate of drug-likeness (QED) is 0.902. The molecule has 0 bridgehead atoms. The first-order valence-corrected chi connectivity index (χ1v) is 6.82. The highest BCUT2D eigenvalue weighted by molar-refractivity contribution is 6.34. The van der Waals surface area contributed by atoms with Gasteiger partial charge in [-0.25, -0.2) is 4.79 Å². The molecule has 1 N–H and O–H groups in total. The van der Waals surface area contributed by atoms with Crippen LogP contribution in [0.25, 0.3) is 0 Å². The van der Waals surface area contributed by atoms with Crippen LogP contribution in [0.2, 0.25) is 5.02 Å². The fourth-order valence-electron chi connectivity index (χ4n) is 2.16. The Morgan fingerprint density at radius 3 is 2.45 bits per heavy atom. The van der Waals surface area contributed by atoms with Crippen LogP contribution in [-0.2, 0) is 6.54 Å². The molecular weight excluding hydrogens is 274 g/mol. The number of carboxylic acid groups (broad SMARTS) is 1. The van der Waals surface area contributed by atoms with Gasteiger partial charge in [0.05, 0.1) is 10.7 Å². The Morgan fingerprint density at radius 1 is 1.15 bits per heavy atom. The van der Waals surface area contributed by atoms with Crippen LogP contribution in [0.3, 0.4) is 0 Å². The maximum atomic E-state index is 11.4. The topological polar surface area (TPSA) is 40.5 Å². The number of carbonyl (C=O) groups is 1. The minimum Gasteiger partial charge on any atom is -0.478 e. The van der Waals surface area contributed by atoms with Gasteiger partial charge in [-0.15, -0.1) is 0 Å². The summed E-state index contributed by atoms with van der Waals surface area (Å²) >= 11 is 6.02. The van der Waals surface area contributed by atoms with Gasteiger partial charge in [-0.3, -0.25) is 0 Å². The van der Waals surface area contributed by atoms with Crippen LogP contribution in [0.1, 0.15) is 22.8 Å². The number of benzene rings is 2. The summed E-state index contributed by atoms with van der Waals surface area (Å²) in [4.78, 5) is 13.4. The first-order valence-electron chi connectivity index (χ1n) is 6.44. The molecule has 0 aromatic heterocycles. The molecule has 0 aliphatic rings. The fourth-order valence-corrected chi connectivity index (χ4v) is 2.41. The lowest BCUT2D eigenvalue weighted by Gasteiger charge is -2.25. The van der Waals surface area contributed by atoms with Crippen molar-refractivity contribution in [1.82, 2.24) is 0 Å². The van der Waals surface area contributed by atoms with Crippen molar-refractivity contribution in [3.05, 3.63) is 64.7 Å². The maximum absolute atomic E-state index is 11.4. The van der Waals surface area contributed by atoms with Crippen molar-refractivity contribution >= 4 is 23.3 Å². The average molecular weight is 290 g/mol. The van der Waals surface area contributed by atoms with E-state index >= 15 is 0 Å². The van der Waals surface area contributed by atoms with Crippen LogP contribution in [0.5, 0.6) is 0 Å². The molecule has 0 aliphatic carbocycles. The van der Waals surface area contributed by atoms with Gasteiger partial charge in [-0.1, -0.05) is 48.0 Å². The maximum Gasteiger partial charge on any atom is 0.339 e. The number of aromatic carboxylic acids is 1. The lowest BCUT2D eigenvalue weighted by atomic mass is 10.1. The molecule has 104 valence electrons. The van der Waals surface area contributed by atoms with E-state index in [9.17, 15) is 9.90 Å². The second-order valence-electron chi connectivity index (χ2n) is 4.44. The Bertz CT molecular complexity index is 599. The molecule has 2 rings (SSSR count). The summed E-state index contributed by atoms with van der Waals surface area (Å²) in [5, 5.41) is 9.61. The second kappa shape index (κ2) is 6.44. The lowest BCUT2D eigenvalue weighted by Crippen LogP contribution is -2.24. The second-order valence-corrected chi connectivity index (χ2v) is 4.85. The van der Waals surface area contributed by atoms with Crippen molar-refractivity contribution in [1.29, 1.82) is 0 Å². The third kappa shape index (κ3) is 3.11. The molecule has 0 amide bonds. The molecule has 0 atom stereocenters. The molecule has 0 aliphatic heterocycles. The number of halogens is 1. The summed E-state index contributed by atoms with van der Waals surface area (Å²) in [7, 11) is 0. The fraction of sp³-hybridized carbons (Fsp3) is 0.188. The van der Waals surface area contributed by atoms with Gasteiger partial charge in [0, 0.05) is 13.1 Å².